The highest BCUT2D eigenvalue weighted by molar-refractivity contribution is 6.40. The topological polar surface area (TPSA) is 46.5 Å². The van der Waals surface area contributed by atoms with Crippen molar-refractivity contribution in [3.63, 3.8) is 0 Å². The normalized spacial score (nSPS) is 12.3. The summed E-state index contributed by atoms with van der Waals surface area (Å²) < 4.78 is 4.20. The third-order valence-corrected chi connectivity index (χ3v) is 0.653. The third-order valence-electron chi connectivity index (χ3n) is 0.499. The van der Waals surface area contributed by atoms with Gasteiger partial charge in [0.15, 0.2) is 6.29 Å². The second kappa shape index (κ2) is 3.48. The van der Waals surface area contributed by atoms with Crippen LogP contribution in [-0.4, -0.2) is 17.4 Å². The van der Waals surface area contributed by atoms with Crippen molar-refractivity contribution in [2.24, 2.45) is 0 Å². The SMILES string of the molecule is C=C(Cl)C(=O)OC(C)O. The van der Waals surface area contributed by atoms with Gasteiger partial charge in [-0.2, -0.15) is 0 Å². The standard InChI is InChI=1S/C5H7ClO3/c1-3(6)5(8)9-4(2)7/h4,7H,1H2,2H3. The van der Waals surface area contributed by atoms with E-state index >= 15 is 0 Å². The molecule has 4 heteroatoms. The fraction of sp³-hybridized carbons (Fsp3) is 0.400. The van der Waals surface area contributed by atoms with E-state index in [9.17, 15) is 4.79 Å². The van der Waals surface area contributed by atoms with Crippen LogP contribution in [0.1, 0.15) is 6.92 Å². The van der Waals surface area contributed by atoms with Gasteiger partial charge in [-0.3, -0.25) is 0 Å². The molecular formula is C5H7ClO3. The van der Waals surface area contributed by atoms with E-state index in [4.69, 9.17) is 16.7 Å². The van der Waals surface area contributed by atoms with Crippen LogP contribution in [0.15, 0.2) is 11.6 Å². The van der Waals surface area contributed by atoms with E-state index in [0.717, 1.165) is 0 Å². The smallest absolute Gasteiger partial charge is 0.351 e. The summed E-state index contributed by atoms with van der Waals surface area (Å²) in [6.45, 7) is 4.39. The van der Waals surface area contributed by atoms with Crippen LogP contribution >= 0.6 is 11.6 Å². The lowest BCUT2D eigenvalue weighted by Crippen LogP contribution is -2.13. The Bertz CT molecular complexity index is 130. The first kappa shape index (κ1) is 8.46. The summed E-state index contributed by atoms with van der Waals surface area (Å²) in [6.07, 6.45) is -1.13. The van der Waals surface area contributed by atoms with E-state index in [1.165, 1.54) is 6.92 Å². The average Bonchev–Trinajstić information content (AvgIpc) is 1.63. The number of halogens is 1. The molecule has 0 aromatic carbocycles. The van der Waals surface area contributed by atoms with Crippen molar-refractivity contribution >= 4 is 17.6 Å². The molecule has 0 amide bonds. The number of ether oxygens (including phenoxy) is 1. The lowest BCUT2D eigenvalue weighted by molar-refractivity contribution is -0.158. The highest BCUT2D eigenvalue weighted by atomic mass is 35.5. The molecule has 3 nitrogen and oxygen atoms in total. The molecule has 1 unspecified atom stereocenters. The molecular weight excluding hydrogens is 144 g/mol. The van der Waals surface area contributed by atoms with Gasteiger partial charge in [-0.25, -0.2) is 4.79 Å². The highest BCUT2D eigenvalue weighted by Gasteiger charge is 2.06. The van der Waals surface area contributed by atoms with E-state index in [-0.39, 0.29) is 5.03 Å². The van der Waals surface area contributed by atoms with Gasteiger partial charge in [-0.15, -0.1) is 0 Å². The van der Waals surface area contributed by atoms with Crippen molar-refractivity contribution in [1.82, 2.24) is 0 Å². The van der Waals surface area contributed by atoms with E-state index in [1.807, 2.05) is 0 Å². The molecule has 0 aromatic heterocycles. The zero-order valence-electron chi connectivity index (χ0n) is 4.93. The van der Waals surface area contributed by atoms with E-state index < -0.39 is 12.3 Å². The number of hydrogen-bond acceptors (Lipinski definition) is 3. The maximum absolute atomic E-state index is 10.3. The predicted octanol–water partition coefficient (Wildman–Crippen LogP) is 0.620. The number of hydrogen-bond donors (Lipinski definition) is 1. The van der Waals surface area contributed by atoms with E-state index in [1.54, 1.807) is 0 Å². The molecule has 0 aliphatic heterocycles. The minimum atomic E-state index is -1.13. The monoisotopic (exact) mass is 150 g/mol. The van der Waals surface area contributed by atoms with Crippen molar-refractivity contribution in [3.05, 3.63) is 11.6 Å². The van der Waals surface area contributed by atoms with Crippen LogP contribution in [0.4, 0.5) is 0 Å². The first-order chi connectivity index (χ1) is 4.04. The second-order valence-electron chi connectivity index (χ2n) is 1.41. The molecule has 0 radical (unpaired) electrons. The molecule has 0 bridgehead atoms. The quantitative estimate of drug-likeness (QED) is 0.357. The van der Waals surface area contributed by atoms with Crippen LogP contribution in [0.3, 0.4) is 0 Å². The van der Waals surface area contributed by atoms with Crippen molar-refractivity contribution in [2.45, 2.75) is 13.2 Å². The van der Waals surface area contributed by atoms with Crippen LogP contribution in [0.2, 0.25) is 0 Å². The molecule has 52 valence electrons. The molecule has 0 aliphatic carbocycles. The molecule has 0 spiro atoms. The second-order valence-corrected chi connectivity index (χ2v) is 1.87. The van der Waals surface area contributed by atoms with E-state index in [0.29, 0.717) is 0 Å². The van der Waals surface area contributed by atoms with Gasteiger partial charge in [-0.05, 0) is 6.92 Å². The molecule has 1 N–H and O–H groups in total. The summed E-state index contributed by atoms with van der Waals surface area (Å²) in [5.74, 6) is -0.799. The van der Waals surface area contributed by atoms with Crippen LogP contribution in [0.25, 0.3) is 0 Å². The summed E-state index contributed by atoms with van der Waals surface area (Å²) >= 11 is 5.09. The lowest BCUT2D eigenvalue weighted by Gasteiger charge is -2.03. The Morgan fingerprint density at radius 1 is 1.89 bits per heavy atom. The summed E-state index contributed by atoms with van der Waals surface area (Å²) in [5, 5.41) is 8.19. The Labute approximate surface area is 57.9 Å². The molecule has 1 atom stereocenters. The van der Waals surface area contributed by atoms with Gasteiger partial charge >= 0.3 is 5.97 Å². The van der Waals surface area contributed by atoms with Gasteiger partial charge < -0.3 is 9.84 Å². The predicted molar refractivity (Wildman–Crippen MR) is 32.8 cm³/mol. The Morgan fingerprint density at radius 3 is 2.44 bits per heavy atom. The number of aliphatic hydroxyl groups excluding tert-OH is 1. The van der Waals surface area contributed by atoms with E-state index in [2.05, 4.69) is 11.3 Å². The third kappa shape index (κ3) is 4.00. The minimum Gasteiger partial charge on any atom is -0.432 e. The molecule has 9 heavy (non-hydrogen) atoms. The number of carbonyl (C=O) groups is 1. The molecule has 0 fully saturated rings. The molecule has 0 saturated carbocycles. The Hall–Kier alpha value is -0.540. The largest absolute Gasteiger partial charge is 0.432 e. The van der Waals surface area contributed by atoms with Crippen LogP contribution in [0.5, 0.6) is 0 Å². The molecule has 0 aliphatic rings. The average molecular weight is 151 g/mol. The highest BCUT2D eigenvalue weighted by Crippen LogP contribution is 2.00. The molecule has 0 rings (SSSR count). The summed E-state index contributed by atoms with van der Waals surface area (Å²) in [5.41, 5.74) is 0. The minimum absolute atomic E-state index is 0.240. The van der Waals surface area contributed by atoms with Gasteiger partial charge in [-0.1, -0.05) is 18.2 Å². The zero-order valence-corrected chi connectivity index (χ0v) is 5.68. The van der Waals surface area contributed by atoms with Gasteiger partial charge in [0.05, 0.1) is 0 Å². The Balaban J connectivity index is 3.65. The Kier molecular flexibility index (Phi) is 3.27. The number of rotatable bonds is 2. The summed E-state index contributed by atoms with van der Waals surface area (Å²) in [6, 6.07) is 0. The molecule has 0 heterocycles. The summed E-state index contributed by atoms with van der Waals surface area (Å²) in [7, 11) is 0. The van der Waals surface area contributed by atoms with Gasteiger partial charge in [0.2, 0.25) is 0 Å². The maximum Gasteiger partial charge on any atom is 0.351 e. The van der Waals surface area contributed by atoms with Gasteiger partial charge in [0, 0.05) is 0 Å². The van der Waals surface area contributed by atoms with Crippen molar-refractivity contribution in [3.8, 4) is 0 Å². The molecule has 0 aromatic rings. The number of esters is 1. The van der Waals surface area contributed by atoms with Crippen molar-refractivity contribution < 1.29 is 14.6 Å². The van der Waals surface area contributed by atoms with Gasteiger partial charge in [0.25, 0.3) is 0 Å². The van der Waals surface area contributed by atoms with Gasteiger partial charge in [0.1, 0.15) is 5.03 Å². The van der Waals surface area contributed by atoms with Crippen molar-refractivity contribution in [2.75, 3.05) is 0 Å². The van der Waals surface area contributed by atoms with Crippen molar-refractivity contribution in [1.29, 1.82) is 0 Å². The number of carbonyl (C=O) groups excluding carboxylic acids is 1. The first-order valence-electron chi connectivity index (χ1n) is 2.27. The Morgan fingerprint density at radius 2 is 2.33 bits per heavy atom. The maximum atomic E-state index is 10.3. The van der Waals surface area contributed by atoms with Crippen LogP contribution < -0.4 is 0 Å². The summed E-state index contributed by atoms with van der Waals surface area (Å²) in [4.78, 5) is 10.3. The van der Waals surface area contributed by atoms with Crippen LogP contribution in [0, 0.1) is 0 Å². The molecule has 0 saturated heterocycles. The fourth-order valence-corrected chi connectivity index (χ4v) is 0.263. The zero-order chi connectivity index (χ0) is 7.44. The fourth-order valence-electron chi connectivity index (χ4n) is 0.219. The lowest BCUT2D eigenvalue weighted by atomic mass is 10.6. The first-order valence-corrected chi connectivity index (χ1v) is 2.65. The van der Waals surface area contributed by atoms with Crippen LogP contribution in [-0.2, 0) is 9.53 Å². The number of aliphatic hydroxyl groups is 1.